The summed E-state index contributed by atoms with van der Waals surface area (Å²) in [6, 6.07) is 6.38. The highest BCUT2D eigenvalue weighted by Crippen LogP contribution is 2.42. The average Bonchev–Trinajstić information content (AvgIpc) is 2.93. The van der Waals surface area contributed by atoms with Gasteiger partial charge in [-0.15, -0.1) is 0 Å². The Bertz CT molecular complexity index is 533. The van der Waals surface area contributed by atoms with E-state index in [0.29, 0.717) is 6.54 Å². The monoisotopic (exact) mass is 291 g/mol. The highest BCUT2D eigenvalue weighted by Gasteiger charge is 2.44. The van der Waals surface area contributed by atoms with Crippen molar-refractivity contribution in [3.05, 3.63) is 35.6 Å². The van der Waals surface area contributed by atoms with Crippen molar-refractivity contribution >= 4 is 5.91 Å². The molecule has 0 saturated heterocycles. The molecule has 0 heterocycles. The molecule has 2 aliphatic rings. The van der Waals surface area contributed by atoms with Gasteiger partial charge < -0.3 is 10.4 Å². The summed E-state index contributed by atoms with van der Waals surface area (Å²) in [6.07, 6.45) is 5.98. The van der Waals surface area contributed by atoms with Gasteiger partial charge in [-0.05, 0) is 49.8 Å². The standard InChI is InChI=1S/C17H22FNO2/c18-14-6-3-5-13(11-14)17(9-1-2-10-17)15(20)19-12-16(21)7-4-8-16/h3,5-6,11,21H,1-2,4,7-10,12H2,(H,19,20). The van der Waals surface area contributed by atoms with Crippen LogP contribution in [0.4, 0.5) is 4.39 Å². The topological polar surface area (TPSA) is 49.3 Å². The van der Waals surface area contributed by atoms with Crippen molar-refractivity contribution in [2.75, 3.05) is 6.54 Å². The number of carbonyl (C=O) groups excluding carboxylic acids is 1. The van der Waals surface area contributed by atoms with Gasteiger partial charge in [0, 0.05) is 6.54 Å². The van der Waals surface area contributed by atoms with Gasteiger partial charge in [0.1, 0.15) is 5.82 Å². The van der Waals surface area contributed by atoms with Gasteiger partial charge in [0.05, 0.1) is 11.0 Å². The number of carbonyl (C=O) groups is 1. The third kappa shape index (κ3) is 2.69. The van der Waals surface area contributed by atoms with E-state index in [1.807, 2.05) is 6.07 Å². The highest BCUT2D eigenvalue weighted by molar-refractivity contribution is 5.88. The van der Waals surface area contributed by atoms with E-state index < -0.39 is 11.0 Å². The molecule has 0 aliphatic heterocycles. The van der Waals surface area contributed by atoms with Gasteiger partial charge in [0.15, 0.2) is 0 Å². The summed E-state index contributed by atoms with van der Waals surface area (Å²) in [5.74, 6) is -0.366. The Morgan fingerprint density at radius 2 is 1.90 bits per heavy atom. The van der Waals surface area contributed by atoms with E-state index in [4.69, 9.17) is 0 Å². The summed E-state index contributed by atoms with van der Waals surface area (Å²) in [4.78, 5) is 12.7. The summed E-state index contributed by atoms with van der Waals surface area (Å²) in [7, 11) is 0. The summed E-state index contributed by atoms with van der Waals surface area (Å²) >= 11 is 0. The molecule has 0 bridgehead atoms. The molecule has 0 radical (unpaired) electrons. The molecule has 3 rings (SSSR count). The smallest absolute Gasteiger partial charge is 0.230 e. The summed E-state index contributed by atoms with van der Waals surface area (Å²) in [5, 5.41) is 13.0. The second kappa shape index (κ2) is 5.41. The van der Waals surface area contributed by atoms with Crippen molar-refractivity contribution < 1.29 is 14.3 Å². The van der Waals surface area contributed by atoms with Crippen LogP contribution in [-0.2, 0) is 10.2 Å². The number of benzene rings is 1. The van der Waals surface area contributed by atoms with Crippen LogP contribution in [-0.4, -0.2) is 23.2 Å². The molecule has 1 amide bonds. The zero-order chi connectivity index (χ0) is 14.9. The quantitative estimate of drug-likeness (QED) is 0.896. The Balaban J connectivity index is 1.78. The van der Waals surface area contributed by atoms with Gasteiger partial charge in [-0.25, -0.2) is 4.39 Å². The first kappa shape index (κ1) is 14.5. The number of amides is 1. The zero-order valence-corrected chi connectivity index (χ0v) is 12.2. The molecule has 2 fully saturated rings. The lowest BCUT2D eigenvalue weighted by Crippen LogP contribution is -2.52. The largest absolute Gasteiger partial charge is 0.388 e. The molecule has 0 atom stereocenters. The molecule has 3 nitrogen and oxygen atoms in total. The number of hydrogen-bond acceptors (Lipinski definition) is 2. The van der Waals surface area contributed by atoms with Crippen LogP contribution in [0.2, 0.25) is 0 Å². The van der Waals surface area contributed by atoms with Crippen LogP contribution in [0.3, 0.4) is 0 Å². The van der Waals surface area contributed by atoms with Gasteiger partial charge in [0.25, 0.3) is 0 Å². The number of nitrogens with one attached hydrogen (secondary N) is 1. The van der Waals surface area contributed by atoms with E-state index in [1.165, 1.54) is 12.1 Å². The van der Waals surface area contributed by atoms with Crippen molar-refractivity contribution in [1.82, 2.24) is 5.32 Å². The second-order valence-corrected chi connectivity index (χ2v) is 6.56. The first-order valence-corrected chi connectivity index (χ1v) is 7.81. The average molecular weight is 291 g/mol. The van der Waals surface area contributed by atoms with Gasteiger partial charge >= 0.3 is 0 Å². The normalized spacial score (nSPS) is 22.6. The summed E-state index contributed by atoms with van der Waals surface area (Å²) < 4.78 is 13.5. The lowest BCUT2D eigenvalue weighted by molar-refractivity contribution is -0.129. The molecule has 2 aliphatic carbocycles. The van der Waals surface area contributed by atoms with E-state index in [2.05, 4.69) is 5.32 Å². The minimum atomic E-state index is -0.725. The molecule has 1 aromatic carbocycles. The van der Waals surface area contributed by atoms with Crippen molar-refractivity contribution in [3.8, 4) is 0 Å². The van der Waals surface area contributed by atoms with Crippen molar-refractivity contribution in [1.29, 1.82) is 0 Å². The second-order valence-electron chi connectivity index (χ2n) is 6.56. The zero-order valence-electron chi connectivity index (χ0n) is 12.2. The van der Waals surface area contributed by atoms with Gasteiger partial charge in [0.2, 0.25) is 5.91 Å². The fourth-order valence-corrected chi connectivity index (χ4v) is 3.59. The van der Waals surface area contributed by atoms with Gasteiger partial charge in [-0.2, -0.15) is 0 Å². The SMILES string of the molecule is O=C(NCC1(O)CCC1)C1(c2cccc(F)c2)CCCC1. The molecule has 114 valence electrons. The van der Waals surface area contributed by atoms with E-state index in [0.717, 1.165) is 50.5 Å². The Morgan fingerprint density at radius 3 is 2.48 bits per heavy atom. The Kier molecular flexibility index (Phi) is 3.74. The van der Waals surface area contributed by atoms with Crippen molar-refractivity contribution in [2.45, 2.75) is 56.0 Å². The third-order valence-electron chi connectivity index (χ3n) is 5.13. The van der Waals surface area contributed by atoms with Crippen molar-refractivity contribution in [3.63, 3.8) is 0 Å². The maximum atomic E-state index is 13.5. The van der Waals surface area contributed by atoms with Crippen LogP contribution in [0.25, 0.3) is 0 Å². The minimum absolute atomic E-state index is 0.0640. The molecule has 21 heavy (non-hydrogen) atoms. The number of hydrogen-bond donors (Lipinski definition) is 2. The fourth-order valence-electron chi connectivity index (χ4n) is 3.59. The molecule has 1 aromatic rings. The van der Waals surface area contributed by atoms with Crippen LogP contribution in [0, 0.1) is 5.82 Å². The van der Waals surface area contributed by atoms with E-state index >= 15 is 0 Å². The van der Waals surface area contributed by atoms with Gasteiger partial charge in [-0.3, -0.25) is 4.79 Å². The lowest BCUT2D eigenvalue weighted by atomic mass is 9.76. The van der Waals surface area contributed by atoms with Crippen LogP contribution < -0.4 is 5.32 Å². The van der Waals surface area contributed by atoms with Crippen LogP contribution in [0.15, 0.2) is 24.3 Å². The van der Waals surface area contributed by atoms with E-state index in [9.17, 15) is 14.3 Å². The first-order chi connectivity index (χ1) is 10.0. The number of aliphatic hydroxyl groups is 1. The van der Waals surface area contributed by atoms with Gasteiger partial charge in [-0.1, -0.05) is 25.0 Å². The molecule has 4 heteroatoms. The number of halogens is 1. The Labute approximate surface area is 124 Å². The molecular weight excluding hydrogens is 269 g/mol. The molecule has 0 aromatic heterocycles. The Morgan fingerprint density at radius 1 is 1.19 bits per heavy atom. The van der Waals surface area contributed by atoms with Crippen molar-refractivity contribution in [2.24, 2.45) is 0 Å². The Hall–Kier alpha value is -1.42. The maximum Gasteiger partial charge on any atom is 0.230 e. The maximum absolute atomic E-state index is 13.5. The highest BCUT2D eigenvalue weighted by atomic mass is 19.1. The van der Waals surface area contributed by atoms with E-state index in [1.54, 1.807) is 6.07 Å². The predicted octanol–water partition coefficient (Wildman–Crippen LogP) is 2.67. The first-order valence-electron chi connectivity index (χ1n) is 7.81. The molecular formula is C17H22FNO2. The number of rotatable bonds is 4. The molecule has 0 unspecified atom stereocenters. The molecule has 2 N–H and O–H groups in total. The molecule has 2 saturated carbocycles. The fraction of sp³-hybridized carbons (Fsp3) is 0.588. The van der Waals surface area contributed by atoms with Crippen LogP contribution >= 0.6 is 0 Å². The minimum Gasteiger partial charge on any atom is -0.388 e. The molecule has 0 spiro atoms. The van der Waals surface area contributed by atoms with Crippen LogP contribution in [0.1, 0.15) is 50.5 Å². The summed E-state index contributed by atoms with van der Waals surface area (Å²) in [6.45, 7) is 0.308. The van der Waals surface area contributed by atoms with E-state index in [-0.39, 0.29) is 11.7 Å². The lowest BCUT2D eigenvalue weighted by Gasteiger charge is -2.38. The predicted molar refractivity (Wildman–Crippen MR) is 78.4 cm³/mol. The third-order valence-corrected chi connectivity index (χ3v) is 5.13. The van der Waals surface area contributed by atoms with Crippen LogP contribution in [0.5, 0.6) is 0 Å². The summed E-state index contributed by atoms with van der Waals surface area (Å²) in [5.41, 5.74) is -0.585.